The first-order valence-corrected chi connectivity index (χ1v) is 11.0. The predicted octanol–water partition coefficient (Wildman–Crippen LogP) is 1.58. The molecule has 0 amide bonds. The normalized spacial score (nSPS) is 30.6. The number of nitrogens with one attached hydrogen (secondary N) is 2. The fraction of sp³-hybridized carbons (Fsp3) is 0.650. The SMILES string of the molecule is CCNC(=NCC1CN2CCN1CC2)NC1CCN(c2ccc(Br)cc2)C1. The van der Waals surface area contributed by atoms with Crippen molar-refractivity contribution in [3.8, 4) is 0 Å². The van der Waals surface area contributed by atoms with Gasteiger partial charge in [0.1, 0.15) is 0 Å². The number of rotatable bonds is 5. The molecule has 7 heteroatoms. The van der Waals surface area contributed by atoms with Gasteiger partial charge >= 0.3 is 0 Å². The molecular formula is C20H31BrN6. The van der Waals surface area contributed by atoms with Gasteiger partial charge in [0.2, 0.25) is 0 Å². The van der Waals surface area contributed by atoms with Crippen LogP contribution in [0.25, 0.3) is 0 Å². The van der Waals surface area contributed by atoms with E-state index in [9.17, 15) is 0 Å². The van der Waals surface area contributed by atoms with E-state index in [1.807, 2.05) is 0 Å². The number of anilines is 1. The van der Waals surface area contributed by atoms with Crippen molar-refractivity contribution < 1.29 is 0 Å². The van der Waals surface area contributed by atoms with Crippen LogP contribution in [-0.4, -0.2) is 86.7 Å². The minimum Gasteiger partial charge on any atom is -0.369 e. The molecule has 0 spiro atoms. The Morgan fingerprint density at radius 2 is 1.89 bits per heavy atom. The van der Waals surface area contributed by atoms with Crippen molar-refractivity contribution in [3.05, 3.63) is 28.7 Å². The van der Waals surface area contributed by atoms with Gasteiger partial charge in [-0.1, -0.05) is 15.9 Å². The van der Waals surface area contributed by atoms with Gasteiger partial charge in [-0.2, -0.15) is 0 Å². The molecule has 4 aliphatic rings. The van der Waals surface area contributed by atoms with Crippen LogP contribution in [0.1, 0.15) is 13.3 Å². The molecule has 1 aromatic rings. The Morgan fingerprint density at radius 3 is 2.56 bits per heavy atom. The van der Waals surface area contributed by atoms with Crippen molar-refractivity contribution in [1.82, 2.24) is 20.4 Å². The number of piperazine rings is 3. The summed E-state index contributed by atoms with van der Waals surface area (Å²) in [5, 5.41) is 7.10. The highest BCUT2D eigenvalue weighted by molar-refractivity contribution is 9.10. The molecule has 2 bridgehead atoms. The van der Waals surface area contributed by atoms with Gasteiger partial charge in [0, 0.05) is 74.6 Å². The van der Waals surface area contributed by atoms with E-state index in [2.05, 4.69) is 72.5 Å². The molecule has 1 aromatic carbocycles. The number of guanidine groups is 1. The Bertz CT molecular complexity index is 640. The molecule has 2 unspecified atom stereocenters. The van der Waals surface area contributed by atoms with Crippen LogP contribution in [-0.2, 0) is 0 Å². The molecular weight excluding hydrogens is 404 g/mol. The maximum atomic E-state index is 4.93. The molecule has 4 aliphatic heterocycles. The highest BCUT2D eigenvalue weighted by Gasteiger charge is 2.31. The Kier molecular flexibility index (Phi) is 6.20. The van der Waals surface area contributed by atoms with Gasteiger partial charge in [-0.3, -0.25) is 14.8 Å². The van der Waals surface area contributed by atoms with E-state index in [0.717, 1.165) is 43.0 Å². The Morgan fingerprint density at radius 1 is 1.11 bits per heavy atom. The van der Waals surface area contributed by atoms with Crippen molar-refractivity contribution in [2.75, 3.05) is 63.8 Å². The third-order valence-corrected chi connectivity index (χ3v) is 6.45. The Labute approximate surface area is 171 Å². The number of fused-ring (bicyclic) bond motifs is 3. The lowest BCUT2D eigenvalue weighted by molar-refractivity contribution is 0.0174. The molecule has 6 nitrogen and oxygen atoms in total. The van der Waals surface area contributed by atoms with Gasteiger partial charge in [0.05, 0.1) is 6.54 Å². The van der Waals surface area contributed by atoms with E-state index < -0.39 is 0 Å². The van der Waals surface area contributed by atoms with E-state index in [0.29, 0.717) is 12.1 Å². The average Bonchev–Trinajstić information content (AvgIpc) is 3.16. The topological polar surface area (TPSA) is 46.1 Å². The second-order valence-electron chi connectivity index (χ2n) is 7.76. The third kappa shape index (κ3) is 4.76. The molecule has 0 aliphatic carbocycles. The molecule has 2 N–H and O–H groups in total. The van der Waals surface area contributed by atoms with Crippen LogP contribution in [0.3, 0.4) is 0 Å². The largest absolute Gasteiger partial charge is 0.369 e. The van der Waals surface area contributed by atoms with E-state index >= 15 is 0 Å². The summed E-state index contributed by atoms with van der Waals surface area (Å²) in [7, 11) is 0. The zero-order valence-electron chi connectivity index (χ0n) is 16.2. The van der Waals surface area contributed by atoms with Crippen molar-refractivity contribution in [2.45, 2.75) is 25.4 Å². The van der Waals surface area contributed by atoms with E-state index in [1.54, 1.807) is 0 Å². The zero-order valence-corrected chi connectivity index (χ0v) is 17.8. The lowest BCUT2D eigenvalue weighted by Gasteiger charge is -2.47. The summed E-state index contributed by atoms with van der Waals surface area (Å²) in [4.78, 5) is 12.6. The van der Waals surface area contributed by atoms with Crippen LogP contribution < -0.4 is 15.5 Å². The smallest absolute Gasteiger partial charge is 0.191 e. The van der Waals surface area contributed by atoms with Gasteiger partial charge in [-0.15, -0.1) is 0 Å². The molecule has 4 heterocycles. The summed E-state index contributed by atoms with van der Waals surface area (Å²) >= 11 is 3.52. The zero-order chi connectivity index (χ0) is 18.6. The summed E-state index contributed by atoms with van der Waals surface area (Å²) < 4.78 is 1.13. The fourth-order valence-corrected chi connectivity index (χ4v) is 4.64. The number of nitrogens with zero attached hydrogens (tertiary/aromatic N) is 4. The van der Waals surface area contributed by atoms with Crippen molar-refractivity contribution in [3.63, 3.8) is 0 Å². The molecule has 2 atom stereocenters. The Balaban J connectivity index is 1.32. The molecule has 0 radical (unpaired) electrons. The van der Waals surface area contributed by atoms with Gasteiger partial charge in [-0.05, 0) is 37.6 Å². The van der Waals surface area contributed by atoms with Crippen LogP contribution in [0.15, 0.2) is 33.7 Å². The van der Waals surface area contributed by atoms with Crippen LogP contribution in [0.4, 0.5) is 5.69 Å². The lowest BCUT2D eigenvalue weighted by Crippen LogP contribution is -2.62. The summed E-state index contributed by atoms with van der Waals surface area (Å²) in [6.07, 6.45) is 1.14. The first kappa shape index (κ1) is 19.0. The maximum Gasteiger partial charge on any atom is 0.191 e. The number of hydrogen-bond acceptors (Lipinski definition) is 4. The third-order valence-electron chi connectivity index (χ3n) is 5.92. The molecule has 27 heavy (non-hydrogen) atoms. The first-order chi connectivity index (χ1) is 13.2. The van der Waals surface area contributed by atoms with Crippen LogP contribution in [0.5, 0.6) is 0 Å². The Hall–Kier alpha value is -1.31. The van der Waals surface area contributed by atoms with Gasteiger partial charge < -0.3 is 15.5 Å². The summed E-state index contributed by atoms with van der Waals surface area (Å²) in [5.41, 5.74) is 1.30. The predicted molar refractivity (Wildman–Crippen MR) is 116 cm³/mol. The van der Waals surface area contributed by atoms with Gasteiger partial charge in [0.15, 0.2) is 5.96 Å². The van der Waals surface area contributed by atoms with E-state index in [1.165, 1.54) is 38.4 Å². The highest BCUT2D eigenvalue weighted by atomic mass is 79.9. The number of hydrogen-bond donors (Lipinski definition) is 2. The minimum atomic E-state index is 0.443. The maximum absolute atomic E-state index is 4.93. The standard InChI is InChI=1S/C20H31BrN6/c1-2-22-20(23-13-19-15-25-9-11-26(19)12-10-25)24-17-7-8-27(14-17)18-5-3-16(21)4-6-18/h3-6,17,19H,2,7-15H2,1H3,(H2,22,23,24). The fourth-order valence-electron chi connectivity index (χ4n) is 4.37. The monoisotopic (exact) mass is 434 g/mol. The van der Waals surface area contributed by atoms with Crippen LogP contribution in [0.2, 0.25) is 0 Å². The molecule has 148 valence electrons. The number of aliphatic imine (C=N–C) groups is 1. The molecule has 4 fully saturated rings. The minimum absolute atomic E-state index is 0.443. The highest BCUT2D eigenvalue weighted by Crippen LogP contribution is 2.22. The van der Waals surface area contributed by atoms with Crippen molar-refractivity contribution in [2.24, 2.45) is 4.99 Å². The second-order valence-corrected chi connectivity index (χ2v) is 8.68. The van der Waals surface area contributed by atoms with Gasteiger partial charge in [0.25, 0.3) is 0 Å². The molecule has 0 aromatic heterocycles. The van der Waals surface area contributed by atoms with Gasteiger partial charge in [-0.25, -0.2) is 0 Å². The summed E-state index contributed by atoms with van der Waals surface area (Å²) in [5.74, 6) is 0.970. The summed E-state index contributed by atoms with van der Waals surface area (Å²) in [6, 6.07) is 9.63. The quantitative estimate of drug-likeness (QED) is 0.544. The first-order valence-electron chi connectivity index (χ1n) is 10.2. The van der Waals surface area contributed by atoms with Crippen molar-refractivity contribution in [1.29, 1.82) is 0 Å². The molecule has 4 saturated heterocycles. The molecule has 5 rings (SSSR count). The van der Waals surface area contributed by atoms with Crippen molar-refractivity contribution >= 4 is 27.6 Å². The second kappa shape index (κ2) is 8.80. The number of halogens is 1. The average molecular weight is 435 g/mol. The number of benzene rings is 1. The van der Waals surface area contributed by atoms with Crippen LogP contribution in [0, 0.1) is 0 Å². The van der Waals surface area contributed by atoms with Crippen LogP contribution >= 0.6 is 15.9 Å². The lowest BCUT2D eigenvalue weighted by atomic mass is 10.1. The summed E-state index contributed by atoms with van der Waals surface area (Å²) in [6.45, 7) is 12.1. The van der Waals surface area contributed by atoms with E-state index in [-0.39, 0.29) is 0 Å². The molecule has 0 saturated carbocycles. The van der Waals surface area contributed by atoms with E-state index in [4.69, 9.17) is 4.99 Å².